The highest BCUT2D eigenvalue weighted by molar-refractivity contribution is 5.79. The van der Waals surface area contributed by atoms with Gasteiger partial charge < -0.3 is 10.9 Å². The maximum absolute atomic E-state index is 12.1. The van der Waals surface area contributed by atoms with Crippen LogP contribution in [0.5, 0.6) is 0 Å². The summed E-state index contributed by atoms with van der Waals surface area (Å²) in [6.07, 6.45) is -2.44. The van der Waals surface area contributed by atoms with Gasteiger partial charge in [-0.25, -0.2) is 0 Å². The van der Waals surface area contributed by atoms with Crippen LogP contribution < -0.4 is 5.73 Å². The van der Waals surface area contributed by atoms with Crippen molar-refractivity contribution in [3.05, 3.63) is 0 Å². The lowest BCUT2D eigenvalue weighted by Crippen LogP contribution is -2.38. The fraction of sp³-hybridized carbons (Fsp3) is 0.875. The second-order valence-electron chi connectivity index (χ2n) is 3.66. The number of halogens is 3. The average molecular weight is 225 g/mol. The number of oxime groups is 1. The first kappa shape index (κ1) is 12.1. The molecule has 1 saturated carbocycles. The molecule has 15 heavy (non-hydrogen) atoms. The van der Waals surface area contributed by atoms with Crippen LogP contribution in [0.1, 0.15) is 19.3 Å². The Balaban J connectivity index is 2.37. The summed E-state index contributed by atoms with van der Waals surface area (Å²) in [7, 11) is 0. The largest absolute Gasteiger partial charge is 0.409 e. The molecule has 0 aromatic heterocycles. The molecule has 1 aliphatic rings. The first-order chi connectivity index (χ1) is 6.92. The van der Waals surface area contributed by atoms with Crippen LogP contribution in [-0.4, -0.2) is 41.3 Å². The molecule has 0 bridgehead atoms. The van der Waals surface area contributed by atoms with E-state index in [0.29, 0.717) is 0 Å². The summed E-state index contributed by atoms with van der Waals surface area (Å²) >= 11 is 0. The number of hydrogen-bond donors (Lipinski definition) is 2. The number of hydrogen-bond acceptors (Lipinski definition) is 3. The summed E-state index contributed by atoms with van der Waals surface area (Å²) in [5.41, 5.74) is 5.20. The van der Waals surface area contributed by atoms with Crippen molar-refractivity contribution in [1.29, 1.82) is 0 Å². The van der Waals surface area contributed by atoms with E-state index in [2.05, 4.69) is 5.16 Å². The number of rotatable bonds is 5. The highest BCUT2D eigenvalue weighted by Gasteiger charge is 2.37. The molecule has 88 valence electrons. The van der Waals surface area contributed by atoms with Crippen LogP contribution in [0.3, 0.4) is 0 Å². The lowest BCUT2D eigenvalue weighted by atomic mass is 10.3. The lowest BCUT2D eigenvalue weighted by Gasteiger charge is -2.22. The van der Waals surface area contributed by atoms with Crippen molar-refractivity contribution in [1.82, 2.24) is 4.90 Å². The highest BCUT2D eigenvalue weighted by atomic mass is 19.4. The van der Waals surface area contributed by atoms with Gasteiger partial charge in [-0.1, -0.05) is 5.16 Å². The molecule has 1 rings (SSSR count). The molecular formula is C8H14F3N3O. The maximum Gasteiger partial charge on any atom is 0.401 e. The zero-order chi connectivity index (χ0) is 11.5. The van der Waals surface area contributed by atoms with E-state index in [9.17, 15) is 13.2 Å². The molecule has 0 heterocycles. The summed E-state index contributed by atoms with van der Waals surface area (Å²) in [6.45, 7) is -0.740. The Bertz CT molecular complexity index is 238. The summed E-state index contributed by atoms with van der Waals surface area (Å²) in [4.78, 5) is 1.33. The van der Waals surface area contributed by atoms with Crippen LogP contribution in [0.15, 0.2) is 5.16 Å². The van der Waals surface area contributed by atoms with Crippen LogP contribution in [0.25, 0.3) is 0 Å². The van der Waals surface area contributed by atoms with Gasteiger partial charge in [0.25, 0.3) is 0 Å². The third-order valence-corrected chi connectivity index (χ3v) is 2.23. The molecule has 0 aromatic carbocycles. The molecule has 7 heteroatoms. The molecule has 0 radical (unpaired) electrons. The Labute approximate surface area is 85.5 Å². The molecule has 0 amide bonds. The van der Waals surface area contributed by atoms with Crippen molar-refractivity contribution in [2.75, 3.05) is 13.1 Å². The molecule has 0 aromatic rings. The Morgan fingerprint density at radius 1 is 1.47 bits per heavy atom. The van der Waals surface area contributed by atoms with Gasteiger partial charge in [-0.2, -0.15) is 13.2 Å². The van der Waals surface area contributed by atoms with Crippen molar-refractivity contribution in [3.63, 3.8) is 0 Å². The van der Waals surface area contributed by atoms with Crippen LogP contribution in [0.2, 0.25) is 0 Å². The van der Waals surface area contributed by atoms with Gasteiger partial charge in [0.2, 0.25) is 0 Å². The van der Waals surface area contributed by atoms with E-state index in [0.717, 1.165) is 12.8 Å². The molecule has 0 spiro atoms. The smallest absolute Gasteiger partial charge is 0.401 e. The summed E-state index contributed by atoms with van der Waals surface area (Å²) in [5, 5.41) is 11.0. The lowest BCUT2D eigenvalue weighted by molar-refractivity contribution is -0.146. The minimum atomic E-state index is -4.19. The summed E-state index contributed by atoms with van der Waals surface area (Å²) < 4.78 is 36.4. The van der Waals surface area contributed by atoms with Crippen LogP contribution in [0, 0.1) is 0 Å². The zero-order valence-corrected chi connectivity index (χ0v) is 8.17. The zero-order valence-electron chi connectivity index (χ0n) is 8.17. The SMILES string of the molecule is NC(CCN(CC(F)(F)F)C1CC1)=NO. The van der Waals surface area contributed by atoms with Gasteiger partial charge in [0.15, 0.2) is 0 Å². The molecule has 0 aliphatic heterocycles. The van der Waals surface area contributed by atoms with E-state index < -0.39 is 12.7 Å². The number of nitrogens with two attached hydrogens (primary N) is 1. The second-order valence-corrected chi connectivity index (χ2v) is 3.66. The van der Waals surface area contributed by atoms with E-state index in [-0.39, 0.29) is 24.8 Å². The third kappa shape index (κ3) is 4.87. The topological polar surface area (TPSA) is 61.8 Å². The van der Waals surface area contributed by atoms with Gasteiger partial charge in [-0.05, 0) is 12.8 Å². The van der Waals surface area contributed by atoms with Gasteiger partial charge >= 0.3 is 6.18 Å². The number of alkyl halides is 3. The predicted molar refractivity (Wildman–Crippen MR) is 48.7 cm³/mol. The van der Waals surface area contributed by atoms with E-state index in [1.807, 2.05) is 0 Å². The normalized spacial score (nSPS) is 18.5. The number of amidine groups is 1. The van der Waals surface area contributed by atoms with Crippen molar-refractivity contribution in [3.8, 4) is 0 Å². The molecule has 3 N–H and O–H groups in total. The van der Waals surface area contributed by atoms with Gasteiger partial charge in [0.05, 0.1) is 6.54 Å². The van der Waals surface area contributed by atoms with Crippen molar-refractivity contribution in [2.45, 2.75) is 31.5 Å². The summed E-state index contributed by atoms with van der Waals surface area (Å²) in [5.74, 6) is -0.0391. The van der Waals surface area contributed by atoms with E-state index in [1.54, 1.807) is 0 Å². The molecule has 1 aliphatic carbocycles. The standard InChI is InChI=1S/C8H14F3N3O/c9-8(10,11)5-14(6-1-2-6)4-3-7(12)13-15/h6,15H,1-5H2,(H2,12,13). The third-order valence-electron chi connectivity index (χ3n) is 2.23. The Morgan fingerprint density at radius 2 is 2.07 bits per heavy atom. The van der Waals surface area contributed by atoms with E-state index >= 15 is 0 Å². The molecular weight excluding hydrogens is 211 g/mol. The molecule has 0 saturated heterocycles. The Morgan fingerprint density at radius 3 is 2.47 bits per heavy atom. The predicted octanol–water partition coefficient (Wildman–Crippen LogP) is 1.15. The van der Waals surface area contributed by atoms with Gasteiger partial charge in [-0.15, -0.1) is 0 Å². The van der Waals surface area contributed by atoms with E-state index in [1.165, 1.54) is 4.90 Å². The Hall–Kier alpha value is -0.980. The minimum Gasteiger partial charge on any atom is -0.409 e. The second kappa shape index (κ2) is 4.69. The van der Waals surface area contributed by atoms with Crippen molar-refractivity contribution < 1.29 is 18.4 Å². The van der Waals surface area contributed by atoms with Gasteiger partial charge in [0, 0.05) is 19.0 Å². The monoisotopic (exact) mass is 225 g/mol. The van der Waals surface area contributed by atoms with Gasteiger partial charge in [-0.3, -0.25) is 4.90 Å². The maximum atomic E-state index is 12.1. The first-order valence-corrected chi connectivity index (χ1v) is 4.69. The average Bonchev–Trinajstić information content (AvgIpc) is 2.92. The summed E-state index contributed by atoms with van der Waals surface area (Å²) in [6, 6.07) is 0.0121. The quantitative estimate of drug-likeness (QED) is 0.319. The van der Waals surface area contributed by atoms with Crippen LogP contribution >= 0.6 is 0 Å². The fourth-order valence-electron chi connectivity index (χ4n) is 1.37. The fourth-order valence-corrected chi connectivity index (χ4v) is 1.37. The molecule has 4 nitrogen and oxygen atoms in total. The molecule has 0 atom stereocenters. The minimum absolute atomic E-state index is 0.0121. The molecule has 0 unspecified atom stereocenters. The van der Waals surface area contributed by atoms with Crippen molar-refractivity contribution in [2.24, 2.45) is 10.9 Å². The Kier molecular flexibility index (Phi) is 3.78. The van der Waals surface area contributed by atoms with E-state index in [4.69, 9.17) is 10.9 Å². The number of nitrogens with zero attached hydrogens (tertiary/aromatic N) is 2. The van der Waals surface area contributed by atoms with Crippen molar-refractivity contribution >= 4 is 5.84 Å². The first-order valence-electron chi connectivity index (χ1n) is 4.69. The molecule has 1 fully saturated rings. The van der Waals surface area contributed by atoms with Crippen LogP contribution in [0.4, 0.5) is 13.2 Å². The van der Waals surface area contributed by atoms with Gasteiger partial charge in [0.1, 0.15) is 5.84 Å². The van der Waals surface area contributed by atoms with Crippen LogP contribution in [-0.2, 0) is 0 Å². The highest BCUT2D eigenvalue weighted by Crippen LogP contribution is 2.29.